The monoisotopic (exact) mass is 1090 g/mol. The van der Waals surface area contributed by atoms with Crippen LogP contribution in [0.1, 0.15) is 348 Å². The van der Waals surface area contributed by atoms with E-state index in [1.165, 1.54) is 199 Å². The molecule has 0 saturated carbocycles. The minimum atomic E-state index is -0.786. The summed E-state index contributed by atoms with van der Waals surface area (Å²) < 4.78 is 17.0. The lowest BCUT2D eigenvalue weighted by molar-refractivity contribution is -0.167. The smallest absolute Gasteiger partial charge is 0.306 e. The van der Waals surface area contributed by atoms with Gasteiger partial charge in [-0.1, -0.05) is 312 Å². The second kappa shape index (κ2) is 66.4. The highest BCUT2D eigenvalue weighted by molar-refractivity contribution is 5.71. The van der Waals surface area contributed by atoms with Gasteiger partial charge in [0.1, 0.15) is 13.2 Å². The van der Waals surface area contributed by atoms with Gasteiger partial charge in [-0.3, -0.25) is 14.4 Å². The summed E-state index contributed by atoms with van der Waals surface area (Å²) in [7, 11) is 0. The Morgan fingerprint density at radius 1 is 0.269 bits per heavy atom. The minimum Gasteiger partial charge on any atom is -0.462 e. The zero-order valence-electron chi connectivity index (χ0n) is 51.9. The summed E-state index contributed by atoms with van der Waals surface area (Å²) in [4.78, 5) is 38.4. The fraction of sp³-hybridized carbons (Fsp3) is 0.792. The van der Waals surface area contributed by atoms with Gasteiger partial charge < -0.3 is 14.2 Å². The number of ether oxygens (including phenoxy) is 3. The maximum Gasteiger partial charge on any atom is 0.306 e. The Morgan fingerprint density at radius 2 is 0.500 bits per heavy atom. The average molecular weight is 1090 g/mol. The molecule has 0 radical (unpaired) electrons. The summed E-state index contributed by atoms with van der Waals surface area (Å²) in [6.45, 7) is 6.54. The molecule has 0 aromatic heterocycles. The number of hydrogen-bond acceptors (Lipinski definition) is 6. The molecule has 0 aliphatic rings. The van der Waals surface area contributed by atoms with Crippen LogP contribution in [-0.4, -0.2) is 37.2 Å². The molecule has 0 aromatic rings. The van der Waals surface area contributed by atoms with Crippen LogP contribution in [0.5, 0.6) is 0 Å². The van der Waals surface area contributed by atoms with Crippen molar-refractivity contribution in [1.29, 1.82) is 0 Å². The maximum absolute atomic E-state index is 12.9. The van der Waals surface area contributed by atoms with Crippen LogP contribution < -0.4 is 0 Å². The summed E-state index contributed by atoms with van der Waals surface area (Å²) in [5.74, 6) is -0.884. The molecule has 1 unspecified atom stereocenters. The van der Waals surface area contributed by atoms with Gasteiger partial charge in [0.25, 0.3) is 0 Å². The zero-order valence-corrected chi connectivity index (χ0v) is 51.9. The zero-order chi connectivity index (χ0) is 56.4. The third-order valence-corrected chi connectivity index (χ3v) is 14.9. The van der Waals surface area contributed by atoms with Crippen molar-refractivity contribution in [2.75, 3.05) is 13.2 Å². The fourth-order valence-electron chi connectivity index (χ4n) is 9.88. The first-order chi connectivity index (χ1) is 38.5. The van der Waals surface area contributed by atoms with Gasteiger partial charge in [0.2, 0.25) is 0 Å². The number of carbonyl (C=O) groups is 3. The summed E-state index contributed by atoms with van der Waals surface area (Å²) in [6.07, 6.45) is 86.3. The average Bonchev–Trinajstić information content (AvgIpc) is 3.44. The lowest BCUT2D eigenvalue weighted by Crippen LogP contribution is -2.30. The van der Waals surface area contributed by atoms with Crippen LogP contribution in [0.15, 0.2) is 72.9 Å². The molecule has 6 heteroatoms. The highest BCUT2D eigenvalue weighted by Crippen LogP contribution is 2.18. The van der Waals surface area contributed by atoms with Crippen LogP contribution >= 0.6 is 0 Å². The van der Waals surface area contributed by atoms with Gasteiger partial charge in [0.15, 0.2) is 6.10 Å². The molecule has 6 nitrogen and oxygen atoms in total. The van der Waals surface area contributed by atoms with Crippen molar-refractivity contribution >= 4 is 17.9 Å². The van der Waals surface area contributed by atoms with Crippen LogP contribution in [0.25, 0.3) is 0 Å². The summed E-state index contributed by atoms with van der Waals surface area (Å²) in [6, 6.07) is 0. The molecule has 0 heterocycles. The molecule has 78 heavy (non-hydrogen) atoms. The molecule has 0 N–H and O–H groups in total. The van der Waals surface area contributed by atoms with E-state index in [1.54, 1.807) is 0 Å². The summed E-state index contributed by atoms with van der Waals surface area (Å²) in [5.41, 5.74) is 0. The molecule has 0 amide bonds. The predicted octanol–water partition coefficient (Wildman–Crippen LogP) is 23.3. The SMILES string of the molecule is CC/C=C\C/C=C\C/C=C\C/C=C\CCCCCCCCCCC(=O)OC(COC(=O)CCCCCCC/C=C\C/C=C\CCCCC)COC(=O)CCCCCCCCCCCCCCCCCCCCCCCCCC. The second-order valence-electron chi connectivity index (χ2n) is 22.7. The molecule has 0 saturated heterocycles. The Labute approximate surface area is 484 Å². The maximum atomic E-state index is 12.9. The number of carbonyl (C=O) groups excluding carboxylic acids is 3. The Morgan fingerprint density at radius 3 is 0.808 bits per heavy atom. The Hall–Kier alpha value is -3.15. The largest absolute Gasteiger partial charge is 0.462 e. The van der Waals surface area contributed by atoms with Gasteiger partial charge >= 0.3 is 17.9 Å². The van der Waals surface area contributed by atoms with E-state index in [0.29, 0.717) is 19.3 Å². The molecular formula is C72H128O6. The van der Waals surface area contributed by atoms with Gasteiger partial charge in [0.05, 0.1) is 0 Å². The quantitative estimate of drug-likeness (QED) is 0.0261. The topological polar surface area (TPSA) is 78.9 Å². The van der Waals surface area contributed by atoms with E-state index in [9.17, 15) is 14.4 Å². The van der Waals surface area contributed by atoms with E-state index in [0.717, 1.165) is 109 Å². The van der Waals surface area contributed by atoms with E-state index < -0.39 is 6.10 Å². The van der Waals surface area contributed by atoms with Crippen molar-refractivity contribution in [2.45, 2.75) is 354 Å². The first kappa shape index (κ1) is 74.8. The Balaban J connectivity index is 4.32. The van der Waals surface area contributed by atoms with Crippen LogP contribution in [-0.2, 0) is 28.6 Å². The van der Waals surface area contributed by atoms with Crippen molar-refractivity contribution in [3.05, 3.63) is 72.9 Å². The highest BCUT2D eigenvalue weighted by atomic mass is 16.6. The Bertz CT molecular complexity index is 1440. The molecular weight excluding hydrogens is 961 g/mol. The van der Waals surface area contributed by atoms with Crippen molar-refractivity contribution in [3.8, 4) is 0 Å². The first-order valence-corrected chi connectivity index (χ1v) is 33.9. The first-order valence-electron chi connectivity index (χ1n) is 33.9. The van der Waals surface area contributed by atoms with Crippen LogP contribution in [0.4, 0.5) is 0 Å². The lowest BCUT2D eigenvalue weighted by atomic mass is 10.0. The minimum absolute atomic E-state index is 0.0801. The van der Waals surface area contributed by atoms with Crippen molar-refractivity contribution < 1.29 is 28.6 Å². The van der Waals surface area contributed by atoms with Crippen molar-refractivity contribution in [2.24, 2.45) is 0 Å². The third kappa shape index (κ3) is 63.7. The van der Waals surface area contributed by atoms with E-state index >= 15 is 0 Å². The van der Waals surface area contributed by atoms with Gasteiger partial charge in [-0.2, -0.15) is 0 Å². The van der Waals surface area contributed by atoms with E-state index in [1.807, 2.05) is 0 Å². The summed E-state index contributed by atoms with van der Waals surface area (Å²) in [5, 5.41) is 0. The van der Waals surface area contributed by atoms with Gasteiger partial charge in [-0.25, -0.2) is 0 Å². The van der Waals surface area contributed by atoms with Crippen LogP contribution in [0.2, 0.25) is 0 Å². The molecule has 0 bridgehead atoms. The standard InChI is InChI=1S/C72H128O6/c1-4-7-10-13-16-19-22-25-28-30-32-34-35-36-38-39-41-44-47-50-53-56-59-62-65-71(74)77-68-69(67-76-70(73)64-61-58-55-52-49-46-43-27-24-21-18-15-12-9-6-3)78-72(75)66-63-60-57-54-51-48-45-42-40-37-33-31-29-26-23-20-17-14-11-8-5-2/h8,11,17-18,20-21,26-27,29,33,37,43,69H,4-7,9-10,12-16,19,22-25,28,30-32,34-36,38-42,44-68H2,1-3H3/b11-8-,20-17-,21-18-,29-26-,37-33-,43-27-. The molecule has 0 aliphatic heterocycles. The molecule has 452 valence electrons. The molecule has 0 rings (SSSR count). The van der Waals surface area contributed by atoms with Crippen LogP contribution in [0, 0.1) is 0 Å². The highest BCUT2D eigenvalue weighted by Gasteiger charge is 2.19. The third-order valence-electron chi connectivity index (χ3n) is 14.9. The number of unbranched alkanes of at least 4 members (excludes halogenated alkanes) is 39. The molecule has 0 fully saturated rings. The van der Waals surface area contributed by atoms with Crippen LogP contribution in [0.3, 0.4) is 0 Å². The molecule has 0 aliphatic carbocycles. The van der Waals surface area contributed by atoms with E-state index in [-0.39, 0.29) is 31.1 Å². The normalized spacial score (nSPS) is 12.5. The van der Waals surface area contributed by atoms with Gasteiger partial charge in [0, 0.05) is 19.3 Å². The van der Waals surface area contributed by atoms with Crippen molar-refractivity contribution in [3.63, 3.8) is 0 Å². The fourth-order valence-corrected chi connectivity index (χ4v) is 9.88. The van der Waals surface area contributed by atoms with Gasteiger partial charge in [-0.15, -0.1) is 0 Å². The van der Waals surface area contributed by atoms with Gasteiger partial charge in [-0.05, 0) is 89.9 Å². The number of rotatable bonds is 62. The lowest BCUT2D eigenvalue weighted by Gasteiger charge is -2.18. The number of hydrogen-bond donors (Lipinski definition) is 0. The second-order valence-corrected chi connectivity index (χ2v) is 22.7. The Kier molecular flexibility index (Phi) is 63.7. The summed E-state index contributed by atoms with van der Waals surface area (Å²) >= 11 is 0. The number of esters is 3. The van der Waals surface area contributed by atoms with Crippen molar-refractivity contribution in [1.82, 2.24) is 0 Å². The molecule has 1 atom stereocenters. The number of allylic oxidation sites excluding steroid dienone is 12. The van der Waals surface area contributed by atoms with E-state index in [4.69, 9.17) is 14.2 Å². The predicted molar refractivity (Wildman–Crippen MR) is 339 cm³/mol. The molecule has 0 spiro atoms. The molecule has 0 aromatic carbocycles. The van der Waals surface area contributed by atoms with E-state index in [2.05, 4.69) is 93.7 Å².